The van der Waals surface area contributed by atoms with Crippen molar-refractivity contribution in [2.24, 2.45) is 5.92 Å². The number of hydrogen-bond acceptors (Lipinski definition) is 1. The second-order valence-corrected chi connectivity index (χ2v) is 9.19. The Labute approximate surface area is 195 Å². The van der Waals surface area contributed by atoms with Crippen LogP contribution in [0.1, 0.15) is 48.4 Å². The fraction of sp³-hybridized carbons (Fsp3) is 0.276. The summed E-state index contributed by atoms with van der Waals surface area (Å²) >= 11 is 0. The highest BCUT2D eigenvalue weighted by Gasteiger charge is 2.25. The smallest absolute Gasteiger partial charge is 0.220 e. The number of amides is 1. The quantitative estimate of drug-likeness (QED) is 0.335. The molecule has 0 fully saturated rings. The molecule has 0 saturated carbocycles. The largest absolute Gasteiger partial charge is 0.356 e. The number of carbonyl (C=O) groups is 1. The Balaban J connectivity index is 1.80. The fourth-order valence-electron chi connectivity index (χ4n) is 4.36. The number of aromatic nitrogens is 1. The van der Waals surface area contributed by atoms with Gasteiger partial charge in [-0.3, -0.25) is 4.79 Å². The van der Waals surface area contributed by atoms with E-state index in [1.54, 1.807) is 6.07 Å². The molecule has 1 heterocycles. The van der Waals surface area contributed by atoms with Gasteiger partial charge in [-0.1, -0.05) is 80.1 Å². The molecular formula is C29H31FN2O. The third kappa shape index (κ3) is 5.33. The maximum atomic E-state index is 15.1. The molecule has 1 amide bonds. The van der Waals surface area contributed by atoms with Crippen LogP contribution in [-0.2, 0) is 11.3 Å². The van der Waals surface area contributed by atoms with Gasteiger partial charge in [-0.15, -0.1) is 0 Å². The number of benzene rings is 3. The summed E-state index contributed by atoms with van der Waals surface area (Å²) in [5.41, 5.74) is 4.80. The van der Waals surface area contributed by atoms with Crippen molar-refractivity contribution in [3.05, 3.63) is 107 Å². The van der Waals surface area contributed by atoms with E-state index in [2.05, 4.69) is 54.2 Å². The van der Waals surface area contributed by atoms with Crippen LogP contribution in [0.4, 0.5) is 4.39 Å². The molecule has 1 N–H and O–H groups in total. The van der Waals surface area contributed by atoms with Gasteiger partial charge in [0.05, 0.1) is 0 Å². The Morgan fingerprint density at radius 3 is 2.45 bits per heavy atom. The molecule has 0 aliphatic rings. The first-order valence-electron chi connectivity index (χ1n) is 11.6. The van der Waals surface area contributed by atoms with Crippen LogP contribution in [0.2, 0.25) is 0 Å². The minimum absolute atomic E-state index is 0.0607. The number of nitrogens with zero attached hydrogens (tertiary/aromatic N) is 1. The van der Waals surface area contributed by atoms with Gasteiger partial charge in [0, 0.05) is 42.5 Å². The number of nitrogens with one attached hydrogen (secondary N) is 1. The van der Waals surface area contributed by atoms with E-state index in [4.69, 9.17) is 0 Å². The third-order valence-electron chi connectivity index (χ3n) is 6.01. The summed E-state index contributed by atoms with van der Waals surface area (Å²) in [6, 6.07) is 23.6. The molecule has 1 atom stereocenters. The zero-order valence-electron chi connectivity index (χ0n) is 19.5. The first-order valence-corrected chi connectivity index (χ1v) is 11.6. The van der Waals surface area contributed by atoms with E-state index in [1.165, 1.54) is 11.6 Å². The van der Waals surface area contributed by atoms with Gasteiger partial charge in [0.25, 0.3) is 0 Å². The van der Waals surface area contributed by atoms with Gasteiger partial charge in [0.1, 0.15) is 5.82 Å². The van der Waals surface area contributed by atoms with Crippen molar-refractivity contribution in [3.63, 3.8) is 0 Å². The van der Waals surface area contributed by atoms with Crippen LogP contribution < -0.4 is 5.32 Å². The van der Waals surface area contributed by atoms with Crippen molar-refractivity contribution >= 4 is 16.8 Å². The maximum Gasteiger partial charge on any atom is 0.220 e. The fourth-order valence-corrected chi connectivity index (χ4v) is 4.36. The van der Waals surface area contributed by atoms with E-state index in [-0.39, 0.29) is 24.1 Å². The van der Waals surface area contributed by atoms with E-state index in [0.29, 0.717) is 24.6 Å². The second kappa shape index (κ2) is 10.0. The van der Waals surface area contributed by atoms with Crippen LogP contribution in [0, 0.1) is 18.7 Å². The molecule has 4 heteroatoms. The molecule has 0 saturated heterocycles. The van der Waals surface area contributed by atoms with Gasteiger partial charge >= 0.3 is 0 Å². The highest BCUT2D eigenvalue weighted by atomic mass is 19.1. The molecule has 0 spiro atoms. The van der Waals surface area contributed by atoms with Crippen LogP contribution in [0.15, 0.2) is 79.0 Å². The van der Waals surface area contributed by atoms with E-state index < -0.39 is 0 Å². The molecule has 3 aromatic carbocycles. The maximum absolute atomic E-state index is 15.1. The first kappa shape index (κ1) is 22.8. The highest BCUT2D eigenvalue weighted by Crippen LogP contribution is 2.36. The highest BCUT2D eigenvalue weighted by molar-refractivity contribution is 5.87. The minimum Gasteiger partial charge on any atom is -0.356 e. The first-order chi connectivity index (χ1) is 15.9. The summed E-state index contributed by atoms with van der Waals surface area (Å²) in [4.78, 5) is 12.9. The molecule has 4 rings (SSSR count). The molecule has 0 aliphatic heterocycles. The molecule has 0 bridgehead atoms. The average Bonchev–Trinajstić information content (AvgIpc) is 3.17. The summed E-state index contributed by atoms with van der Waals surface area (Å²) in [5.74, 6) is -0.355. The average molecular weight is 443 g/mol. The number of carbonyl (C=O) groups excluding carboxylic acids is 1. The summed E-state index contributed by atoms with van der Waals surface area (Å²) in [6.45, 7) is 7.41. The van der Waals surface area contributed by atoms with Crippen LogP contribution in [0.3, 0.4) is 0 Å². The predicted octanol–water partition coefficient (Wildman–Crippen LogP) is 6.43. The third-order valence-corrected chi connectivity index (χ3v) is 6.01. The van der Waals surface area contributed by atoms with Crippen molar-refractivity contribution in [1.29, 1.82) is 0 Å². The molecular weight excluding hydrogens is 411 g/mol. The van der Waals surface area contributed by atoms with E-state index in [9.17, 15) is 4.79 Å². The molecule has 170 valence electrons. The zero-order chi connectivity index (χ0) is 23.4. The Kier molecular flexibility index (Phi) is 6.93. The number of fused-ring (bicyclic) bond motifs is 1. The lowest BCUT2D eigenvalue weighted by atomic mass is 9.87. The Morgan fingerprint density at radius 2 is 1.70 bits per heavy atom. The monoisotopic (exact) mass is 442 g/mol. The Bertz CT molecular complexity index is 1240. The van der Waals surface area contributed by atoms with E-state index in [1.807, 2.05) is 43.3 Å². The number of halogens is 1. The van der Waals surface area contributed by atoms with Gasteiger partial charge in [-0.2, -0.15) is 0 Å². The van der Waals surface area contributed by atoms with Crippen molar-refractivity contribution in [2.75, 3.05) is 6.54 Å². The van der Waals surface area contributed by atoms with Crippen molar-refractivity contribution < 1.29 is 9.18 Å². The van der Waals surface area contributed by atoms with Crippen LogP contribution in [0.5, 0.6) is 0 Å². The van der Waals surface area contributed by atoms with Gasteiger partial charge in [-0.05, 0) is 41.7 Å². The molecule has 0 unspecified atom stereocenters. The minimum atomic E-state index is -0.376. The molecule has 0 aliphatic carbocycles. The van der Waals surface area contributed by atoms with E-state index in [0.717, 1.165) is 22.0 Å². The summed E-state index contributed by atoms with van der Waals surface area (Å²) in [6.07, 6.45) is 2.30. The lowest BCUT2D eigenvalue weighted by Crippen LogP contribution is -2.29. The normalized spacial score (nSPS) is 12.3. The van der Waals surface area contributed by atoms with Crippen molar-refractivity contribution in [1.82, 2.24) is 9.88 Å². The molecule has 3 nitrogen and oxygen atoms in total. The SMILES string of the molecule is Cc1ccc(F)c([C@@H](CC(=O)NCC(C)C)c2cn(Cc3ccccc3)c3ccccc23)c1. The topological polar surface area (TPSA) is 34.0 Å². The number of para-hydroxylation sites is 1. The second-order valence-electron chi connectivity index (χ2n) is 9.19. The lowest BCUT2D eigenvalue weighted by molar-refractivity contribution is -0.121. The van der Waals surface area contributed by atoms with Gasteiger partial charge in [0.15, 0.2) is 0 Å². The molecule has 0 radical (unpaired) electrons. The Hall–Kier alpha value is -3.40. The number of aryl methyl sites for hydroxylation is 1. The van der Waals surface area contributed by atoms with Crippen LogP contribution in [0.25, 0.3) is 10.9 Å². The number of rotatable bonds is 8. The van der Waals surface area contributed by atoms with Gasteiger partial charge in [-0.25, -0.2) is 4.39 Å². The van der Waals surface area contributed by atoms with Gasteiger partial charge < -0.3 is 9.88 Å². The van der Waals surface area contributed by atoms with Crippen LogP contribution >= 0.6 is 0 Å². The molecule has 4 aromatic rings. The van der Waals surface area contributed by atoms with Crippen molar-refractivity contribution in [3.8, 4) is 0 Å². The molecule has 33 heavy (non-hydrogen) atoms. The zero-order valence-corrected chi connectivity index (χ0v) is 19.5. The predicted molar refractivity (Wildman–Crippen MR) is 133 cm³/mol. The van der Waals surface area contributed by atoms with E-state index >= 15 is 4.39 Å². The van der Waals surface area contributed by atoms with Crippen LogP contribution in [-0.4, -0.2) is 17.0 Å². The summed E-state index contributed by atoms with van der Waals surface area (Å²) < 4.78 is 17.3. The standard InChI is InChI=1S/C29H31FN2O/c1-20(2)17-31-29(33)16-24(25-15-21(3)13-14-27(25)30)26-19-32(18-22-9-5-4-6-10-22)28-12-8-7-11-23(26)28/h4-15,19-20,24H,16-18H2,1-3H3,(H,31,33)/t24-/m1/s1. The summed E-state index contributed by atoms with van der Waals surface area (Å²) in [5, 5.41) is 4.06. The summed E-state index contributed by atoms with van der Waals surface area (Å²) in [7, 11) is 0. The Morgan fingerprint density at radius 1 is 0.970 bits per heavy atom. The van der Waals surface area contributed by atoms with Crippen molar-refractivity contribution in [2.45, 2.75) is 39.7 Å². The van der Waals surface area contributed by atoms with Gasteiger partial charge in [0.2, 0.25) is 5.91 Å². The number of hydrogen-bond donors (Lipinski definition) is 1. The lowest BCUT2D eigenvalue weighted by Gasteiger charge is -2.19. The molecule has 1 aromatic heterocycles.